The first-order chi connectivity index (χ1) is 12.7. The van der Waals surface area contributed by atoms with Crippen molar-refractivity contribution in [1.29, 1.82) is 5.26 Å². The number of fused-ring (bicyclic) bond motifs is 1. The van der Waals surface area contributed by atoms with Gasteiger partial charge in [-0.1, -0.05) is 18.2 Å². The molecular weight excluding hydrogens is 330 g/mol. The van der Waals surface area contributed by atoms with E-state index in [0.717, 1.165) is 27.8 Å². The number of nitriles is 1. The van der Waals surface area contributed by atoms with E-state index < -0.39 is 0 Å². The van der Waals surface area contributed by atoms with Gasteiger partial charge < -0.3 is 14.9 Å². The number of anilines is 1. The molecule has 0 aliphatic heterocycles. The zero-order valence-corrected chi connectivity index (χ0v) is 14.0. The van der Waals surface area contributed by atoms with E-state index in [0.29, 0.717) is 12.4 Å². The summed E-state index contributed by atoms with van der Waals surface area (Å²) < 4.78 is 12.5. The molecule has 4 aromatic rings. The van der Waals surface area contributed by atoms with Crippen molar-refractivity contribution in [3.05, 3.63) is 59.9 Å². The van der Waals surface area contributed by atoms with Crippen LogP contribution in [0.15, 0.2) is 53.1 Å². The molecule has 0 bridgehead atoms. The van der Waals surface area contributed by atoms with Crippen LogP contribution in [-0.2, 0) is 6.54 Å². The first-order valence-corrected chi connectivity index (χ1v) is 7.94. The van der Waals surface area contributed by atoms with Crippen molar-refractivity contribution in [2.45, 2.75) is 6.54 Å². The van der Waals surface area contributed by atoms with Crippen LogP contribution in [0.4, 0.5) is 5.88 Å². The number of methoxy groups -OCH3 is 1. The molecule has 0 aliphatic rings. The minimum atomic E-state index is 0.0186. The predicted octanol–water partition coefficient (Wildman–Crippen LogP) is 3.20. The lowest BCUT2D eigenvalue weighted by Gasteiger charge is -2.03. The fraction of sp³-hybridized carbons (Fsp3) is 0.105. The second-order valence-electron chi connectivity index (χ2n) is 5.76. The van der Waals surface area contributed by atoms with Crippen molar-refractivity contribution in [3.8, 4) is 23.3 Å². The minimum absolute atomic E-state index is 0.0186. The number of hydrogen-bond acceptors (Lipinski definition) is 6. The molecular formula is C19H15N5O2. The van der Waals surface area contributed by atoms with E-state index in [9.17, 15) is 0 Å². The largest absolute Gasteiger partial charge is 0.497 e. The Morgan fingerprint density at radius 2 is 2.04 bits per heavy atom. The summed E-state index contributed by atoms with van der Waals surface area (Å²) in [7, 11) is 1.64. The summed E-state index contributed by atoms with van der Waals surface area (Å²) in [6.07, 6.45) is 1.93. The van der Waals surface area contributed by atoms with Crippen LogP contribution in [0.1, 0.15) is 11.3 Å². The maximum absolute atomic E-state index is 9.02. The zero-order valence-electron chi connectivity index (χ0n) is 14.0. The van der Waals surface area contributed by atoms with Crippen molar-refractivity contribution >= 4 is 16.8 Å². The Kier molecular flexibility index (Phi) is 3.78. The highest BCUT2D eigenvalue weighted by molar-refractivity contribution is 5.92. The molecule has 0 saturated heterocycles. The Balaban J connectivity index is 1.71. The standard InChI is InChI=1S/C19H15N5O2/c1-25-13-7-5-12(6-8-13)10-24-11-15-14(3-2-4-16(15)23-24)19-22-17(9-20)18(21)26-19/h2-8,11H,10,21H2,1H3. The number of aromatic nitrogens is 3. The lowest BCUT2D eigenvalue weighted by molar-refractivity contribution is 0.414. The molecule has 2 aromatic heterocycles. The van der Waals surface area contributed by atoms with E-state index in [1.807, 2.05) is 59.4 Å². The molecule has 128 valence electrons. The van der Waals surface area contributed by atoms with E-state index in [-0.39, 0.29) is 11.6 Å². The molecule has 2 aromatic carbocycles. The quantitative estimate of drug-likeness (QED) is 0.609. The van der Waals surface area contributed by atoms with E-state index in [2.05, 4.69) is 10.1 Å². The lowest BCUT2D eigenvalue weighted by Crippen LogP contribution is -1.99. The van der Waals surface area contributed by atoms with Gasteiger partial charge in [-0.3, -0.25) is 4.68 Å². The number of hydrogen-bond donors (Lipinski definition) is 1. The maximum atomic E-state index is 9.02. The summed E-state index contributed by atoms with van der Waals surface area (Å²) >= 11 is 0. The molecule has 0 aliphatic carbocycles. The third-order valence-corrected chi connectivity index (χ3v) is 4.09. The lowest BCUT2D eigenvalue weighted by atomic mass is 10.1. The molecule has 2 heterocycles. The van der Waals surface area contributed by atoms with E-state index in [4.69, 9.17) is 20.1 Å². The summed E-state index contributed by atoms with van der Waals surface area (Å²) in [6, 6.07) is 15.4. The molecule has 0 amide bonds. The van der Waals surface area contributed by atoms with Crippen molar-refractivity contribution < 1.29 is 9.15 Å². The van der Waals surface area contributed by atoms with Gasteiger partial charge in [0.05, 0.1) is 19.2 Å². The van der Waals surface area contributed by atoms with Gasteiger partial charge in [0.1, 0.15) is 11.8 Å². The fourth-order valence-electron chi connectivity index (χ4n) is 2.80. The predicted molar refractivity (Wildman–Crippen MR) is 96.5 cm³/mol. The highest BCUT2D eigenvalue weighted by Crippen LogP contribution is 2.30. The van der Waals surface area contributed by atoms with Crippen LogP contribution < -0.4 is 10.5 Å². The molecule has 2 N–H and O–H groups in total. The van der Waals surface area contributed by atoms with Gasteiger partial charge in [0, 0.05) is 17.1 Å². The monoisotopic (exact) mass is 345 g/mol. The molecule has 0 spiro atoms. The molecule has 0 radical (unpaired) electrons. The van der Waals surface area contributed by atoms with Crippen LogP contribution in [0.2, 0.25) is 0 Å². The number of rotatable bonds is 4. The van der Waals surface area contributed by atoms with Crippen LogP contribution in [0.3, 0.4) is 0 Å². The van der Waals surface area contributed by atoms with E-state index in [1.54, 1.807) is 7.11 Å². The molecule has 0 saturated carbocycles. The molecule has 0 fully saturated rings. The first kappa shape index (κ1) is 15.7. The van der Waals surface area contributed by atoms with Crippen LogP contribution in [0, 0.1) is 11.3 Å². The van der Waals surface area contributed by atoms with Crippen LogP contribution in [-0.4, -0.2) is 21.9 Å². The van der Waals surface area contributed by atoms with Crippen molar-refractivity contribution in [2.75, 3.05) is 12.8 Å². The van der Waals surface area contributed by atoms with Crippen molar-refractivity contribution in [3.63, 3.8) is 0 Å². The summed E-state index contributed by atoms with van der Waals surface area (Å²) in [6.45, 7) is 0.620. The molecule has 0 unspecified atom stereocenters. The van der Waals surface area contributed by atoms with Gasteiger partial charge in [-0.2, -0.15) is 15.3 Å². The van der Waals surface area contributed by atoms with Gasteiger partial charge in [-0.25, -0.2) is 0 Å². The summed E-state index contributed by atoms with van der Waals surface area (Å²) in [5, 5.41) is 14.5. The smallest absolute Gasteiger partial charge is 0.230 e. The second kappa shape index (κ2) is 6.26. The number of nitrogens with zero attached hydrogens (tertiary/aromatic N) is 4. The van der Waals surface area contributed by atoms with Gasteiger partial charge in [0.25, 0.3) is 0 Å². The van der Waals surface area contributed by atoms with E-state index >= 15 is 0 Å². The van der Waals surface area contributed by atoms with Gasteiger partial charge in [0.2, 0.25) is 17.5 Å². The Labute approximate surface area is 149 Å². The Morgan fingerprint density at radius 1 is 1.23 bits per heavy atom. The Morgan fingerprint density at radius 3 is 2.73 bits per heavy atom. The van der Waals surface area contributed by atoms with Crippen LogP contribution >= 0.6 is 0 Å². The van der Waals surface area contributed by atoms with Gasteiger partial charge in [0.15, 0.2) is 0 Å². The number of ether oxygens (including phenoxy) is 1. The number of nitrogen functional groups attached to an aromatic ring is 1. The van der Waals surface area contributed by atoms with Gasteiger partial charge in [-0.05, 0) is 29.8 Å². The van der Waals surface area contributed by atoms with Gasteiger partial charge in [-0.15, -0.1) is 0 Å². The Bertz CT molecular complexity index is 1120. The second-order valence-corrected chi connectivity index (χ2v) is 5.76. The number of benzene rings is 2. The molecule has 0 atom stereocenters. The maximum Gasteiger partial charge on any atom is 0.230 e. The average Bonchev–Trinajstić information content (AvgIpc) is 3.24. The van der Waals surface area contributed by atoms with Gasteiger partial charge >= 0.3 is 0 Å². The third kappa shape index (κ3) is 2.74. The SMILES string of the molecule is COc1ccc(Cn2cc3c(-c4nc(C#N)c(N)o4)cccc3n2)cc1. The highest BCUT2D eigenvalue weighted by atomic mass is 16.5. The summed E-state index contributed by atoms with van der Waals surface area (Å²) in [4.78, 5) is 4.16. The summed E-state index contributed by atoms with van der Waals surface area (Å²) in [5.74, 6) is 1.15. The number of nitrogens with two attached hydrogens (primary N) is 1. The van der Waals surface area contributed by atoms with E-state index in [1.165, 1.54) is 0 Å². The fourth-order valence-corrected chi connectivity index (χ4v) is 2.80. The summed E-state index contributed by atoms with van der Waals surface area (Å²) in [5.41, 5.74) is 8.43. The Hall–Kier alpha value is -3.79. The normalized spacial score (nSPS) is 10.8. The minimum Gasteiger partial charge on any atom is -0.497 e. The molecule has 7 heteroatoms. The highest BCUT2D eigenvalue weighted by Gasteiger charge is 2.15. The zero-order chi connectivity index (χ0) is 18.1. The van der Waals surface area contributed by atoms with Crippen molar-refractivity contribution in [2.24, 2.45) is 0 Å². The molecule has 4 rings (SSSR count). The molecule has 26 heavy (non-hydrogen) atoms. The molecule has 7 nitrogen and oxygen atoms in total. The van der Waals surface area contributed by atoms with Crippen LogP contribution in [0.5, 0.6) is 5.75 Å². The number of oxazole rings is 1. The van der Waals surface area contributed by atoms with Crippen molar-refractivity contribution in [1.82, 2.24) is 14.8 Å². The first-order valence-electron chi connectivity index (χ1n) is 7.94. The average molecular weight is 345 g/mol. The topological polar surface area (TPSA) is 103 Å². The van der Waals surface area contributed by atoms with Crippen LogP contribution in [0.25, 0.3) is 22.4 Å². The third-order valence-electron chi connectivity index (χ3n) is 4.09.